The zero-order valence-corrected chi connectivity index (χ0v) is 16.3. The molecule has 4 rings (SSSR count). The summed E-state index contributed by atoms with van der Waals surface area (Å²) in [6, 6.07) is 10.6. The zero-order chi connectivity index (χ0) is 21.1. The number of hydrogen-bond acceptors (Lipinski definition) is 6. The van der Waals surface area contributed by atoms with Crippen molar-refractivity contribution in [3.05, 3.63) is 65.5 Å². The predicted octanol–water partition coefficient (Wildman–Crippen LogP) is 1.91. The van der Waals surface area contributed by atoms with E-state index in [1.54, 1.807) is 16.7 Å². The second-order valence-electron chi connectivity index (χ2n) is 6.90. The molecule has 3 aromatic rings. The minimum Gasteiger partial charge on any atom is -0.497 e. The number of halogens is 2. The van der Waals surface area contributed by atoms with Gasteiger partial charge in [0, 0.05) is 31.7 Å². The first-order valence-electron chi connectivity index (χ1n) is 9.43. The average Bonchev–Trinajstić information content (AvgIpc) is 3.24. The number of rotatable bonds is 5. The van der Waals surface area contributed by atoms with Crippen molar-refractivity contribution >= 4 is 5.91 Å². The molecular weight excluding hydrogens is 394 g/mol. The molecule has 1 saturated heterocycles. The lowest BCUT2D eigenvalue weighted by atomic mass is 10.1. The van der Waals surface area contributed by atoms with E-state index in [-0.39, 0.29) is 11.5 Å². The van der Waals surface area contributed by atoms with Crippen LogP contribution in [-0.4, -0.2) is 69.2 Å². The van der Waals surface area contributed by atoms with E-state index >= 15 is 0 Å². The molecule has 1 fully saturated rings. The van der Waals surface area contributed by atoms with E-state index in [9.17, 15) is 13.6 Å². The molecule has 10 heteroatoms. The summed E-state index contributed by atoms with van der Waals surface area (Å²) in [6.07, 6.45) is 0. The van der Waals surface area contributed by atoms with Gasteiger partial charge in [-0.15, -0.1) is 5.10 Å². The van der Waals surface area contributed by atoms with Crippen LogP contribution in [0.3, 0.4) is 0 Å². The lowest BCUT2D eigenvalue weighted by Gasteiger charge is -2.34. The quantitative estimate of drug-likeness (QED) is 0.635. The number of methoxy groups -OCH3 is 1. The van der Waals surface area contributed by atoms with Gasteiger partial charge in [0.15, 0.2) is 17.5 Å². The highest BCUT2D eigenvalue weighted by Crippen LogP contribution is 2.17. The van der Waals surface area contributed by atoms with E-state index in [4.69, 9.17) is 4.74 Å². The van der Waals surface area contributed by atoms with Crippen LogP contribution in [0.1, 0.15) is 16.2 Å². The number of ether oxygens (including phenoxy) is 1. The van der Waals surface area contributed by atoms with Gasteiger partial charge in [-0.1, -0.05) is 0 Å². The van der Waals surface area contributed by atoms with Crippen LogP contribution in [-0.2, 0) is 6.54 Å². The van der Waals surface area contributed by atoms with Crippen LogP contribution in [0.25, 0.3) is 5.69 Å². The number of carbonyl (C=O) groups excluding carboxylic acids is 1. The molecule has 1 aliphatic rings. The van der Waals surface area contributed by atoms with E-state index in [1.807, 2.05) is 24.3 Å². The van der Waals surface area contributed by atoms with Crippen molar-refractivity contribution < 1.29 is 18.3 Å². The normalized spacial score (nSPS) is 14.7. The highest BCUT2D eigenvalue weighted by molar-refractivity contribution is 5.94. The van der Waals surface area contributed by atoms with Gasteiger partial charge in [-0.25, -0.2) is 8.78 Å². The van der Waals surface area contributed by atoms with Crippen LogP contribution in [0.2, 0.25) is 0 Å². The van der Waals surface area contributed by atoms with E-state index in [1.165, 1.54) is 6.07 Å². The van der Waals surface area contributed by atoms with Crippen LogP contribution < -0.4 is 4.74 Å². The van der Waals surface area contributed by atoms with E-state index < -0.39 is 11.6 Å². The molecule has 156 valence electrons. The molecule has 0 bridgehead atoms. The van der Waals surface area contributed by atoms with Gasteiger partial charge in [-0.2, -0.15) is 4.68 Å². The summed E-state index contributed by atoms with van der Waals surface area (Å²) in [5, 5.41) is 12.0. The number of piperazine rings is 1. The topological polar surface area (TPSA) is 76.4 Å². The SMILES string of the molecule is COc1ccc(-n2nnnc2CN2CCN(C(=O)c3ccc(F)c(F)c3)CC2)cc1. The Balaban J connectivity index is 1.38. The third kappa shape index (κ3) is 4.13. The molecule has 0 unspecified atom stereocenters. The fraction of sp³-hybridized carbons (Fsp3) is 0.300. The molecule has 0 aliphatic carbocycles. The molecule has 0 atom stereocenters. The third-order valence-electron chi connectivity index (χ3n) is 5.04. The molecule has 0 radical (unpaired) electrons. The summed E-state index contributed by atoms with van der Waals surface area (Å²) in [5.74, 6) is -0.872. The molecule has 1 amide bonds. The summed E-state index contributed by atoms with van der Waals surface area (Å²) in [7, 11) is 1.61. The first-order chi connectivity index (χ1) is 14.5. The maximum atomic E-state index is 13.4. The number of carbonyl (C=O) groups is 1. The Kier molecular flexibility index (Phi) is 5.66. The van der Waals surface area contributed by atoms with Gasteiger partial charge in [0.05, 0.1) is 19.3 Å². The van der Waals surface area contributed by atoms with Gasteiger partial charge in [0.1, 0.15) is 5.75 Å². The van der Waals surface area contributed by atoms with Crippen molar-refractivity contribution in [2.75, 3.05) is 33.3 Å². The largest absolute Gasteiger partial charge is 0.497 e. The number of aromatic nitrogens is 4. The molecule has 30 heavy (non-hydrogen) atoms. The third-order valence-corrected chi connectivity index (χ3v) is 5.04. The van der Waals surface area contributed by atoms with Gasteiger partial charge in [0.25, 0.3) is 5.91 Å². The van der Waals surface area contributed by atoms with E-state index in [0.29, 0.717) is 38.5 Å². The van der Waals surface area contributed by atoms with Crippen LogP contribution in [0.15, 0.2) is 42.5 Å². The van der Waals surface area contributed by atoms with Crippen LogP contribution in [0, 0.1) is 11.6 Å². The van der Waals surface area contributed by atoms with Crippen molar-refractivity contribution in [3.8, 4) is 11.4 Å². The first kappa shape index (κ1) is 19.9. The maximum absolute atomic E-state index is 13.4. The second-order valence-corrected chi connectivity index (χ2v) is 6.90. The smallest absolute Gasteiger partial charge is 0.254 e. The number of hydrogen-bond donors (Lipinski definition) is 0. The zero-order valence-electron chi connectivity index (χ0n) is 16.3. The summed E-state index contributed by atoms with van der Waals surface area (Å²) in [6.45, 7) is 2.70. The fourth-order valence-electron chi connectivity index (χ4n) is 3.35. The minimum absolute atomic E-state index is 0.144. The van der Waals surface area contributed by atoms with E-state index in [2.05, 4.69) is 20.4 Å². The van der Waals surface area contributed by atoms with Gasteiger partial charge < -0.3 is 9.64 Å². The Morgan fingerprint density at radius 3 is 2.43 bits per heavy atom. The van der Waals surface area contributed by atoms with Crippen molar-refractivity contribution in [2.45, 2.75) is 6.54 Å². The molecular formula is C20H20F2N6O2. The highest BCUT2D eigenvalue weighted by atomic mass is 19.2. The van der Waals surface area contributed by atoms with Gasteiger partial charge >= 0.3 is 0 Å². The van der Waals surface area contributed by atoms with Gasteiger partial charge in [-0.3, -0.25) is 9.69 Å². The Morgan fingerprint density at radius 2 is 1.77 bits per heavy atom. The molecule has 2 heterocycles. The number of nitrogens with zero attached hydrogens (tertiary/aromatic N) is 6. The van der Waals surface area contributed by atoms with Crippen molar-refractivity contribution in [2.24, 2.45) is 0 Å². The van der Waals surface area contributed by atoms with Crippen molar-refractivity contribution in [1.29, 1.82) is 0 Å². The summed E-state index contributed by atoms with van der Waals surface area (Å²) >= 11 is 0. The second kappa shape index (κ2) is 8.54. The Bertz CT molecular complexity index is 1030. The molecule has 8 nitrogen and oxygen atoms in total. The highest BCUT2D eigenvalue weighted by Gasteiger charge is 2.24. The monoisotopic (exact) mass is 414 g/mol. The Labute approximate surface area is 171 Å². The minimum atomic E-state index is -1.02. The molecule has 1 aromatic heterocycles. The molecule has 0 spiro atoms. The summed E-state index contributed by atoms with van der Waals surface area (Å²) in [5.41, 5.74) is 0.966. The number of amides is 1. The Hall–Kier alpha value is -3.40. The maximum Gasteiger partial charge on any atom is 0.254 e. The lowest BCUT2D eigenvalue weighted by molar-refractivity contribution is 0.0624. The van der Waals surface area contributed by atoms with Crippen LogP contribution in [0.4, 0.5) is 8.78 Å². The average molecular weight is 414 g/mol. The lowest BCUT2D eigenvalue weighted by Crippen LogP contribution is -2.48. The standard InChI is InChI=1S/C20H20F2N6O2/c1-30-16-5-3-15(4-6-16)28-19(23-24-25-28)13-26-8-10-27(11-9-26)20(29)14-2-7-17(21)18(22)12-14/h2-7,12H,8-11,13H2,1H3. The van der Waals surface area contributed by atoms with Crippen molar-refractivity contribution in [1.82, 2.24) is 30.0 Å². The number of tetrazole rings is 1. The van der Waals surface area contributed by atoms with Gasteiger partial charge in [0.2, 0.25) is 0 Å². The number of benzene rings is 2. The first-order valence-corrected chi connectivity index (χ1v) is 9.43. The fourth-order valence-corrected chi connectivity index (χ4v) is 3.35. The summed E-state index contributed by atoms with van der Waals surface area (Å²) in [4.78, 5) is 16.3. The molecule has 2 aromatic carbocycles. The summed E-state index contributed by atoms with van der Waals surface area (Å²) < 4.78 is 33.4. The van der Waals surface area contributed by atoms with Crippen LogP contribution >= 0.6 is 0 Å². The predicted molar refractivity (Wildman–Crippen MR) is 103 cm³/mol. The van der Waals surface area contributed by atoms with Gasteiger partial charge in [-0.05, 0) is 52.9 Å². The molecule has 0 N–H and O–H groups in total. The van der Waals surface area contributed by atoms with E-state index in [0.717, 1.165) is 23.6 Å². The van der Waals surface area contributed by atoms with Crippen LogP contribution in [0.5, 0.6) is 5.75 Å². The Morgan fingerprint density at radius 1 is 1.03 bits per heavy atom. The van der Waals surface area contributed by atoms with Crippen molar-refractivity contribution in [3.63, 3.8) is 0 Å². The molecule has 1 aliphatic heterocycles. The molecule has 0 saturated carbocycles.